The van der Waals surface area contributed by atoms with E-state index < -0.39 is 0 Å². The highest BCUT2D eigenvalue weighted by molar-refractivity contribution is 5.94. The van der Waals surface area contributed by atoms with Crippen molar-refractivity contribution in [2.75, 3.05) is 13.7 Å². The summed E-state index contributed by atoms with van der Waals surface area (Å²) in [6.45, 7) is 4.38. The summed E-state index contributed by atoms with van der Waals surface area (Å²) in [5.41, 5.74) is 0.572. The first-order valence-electron chi connectivity index (χ1n) is 8.33. The van der Waals surface area contributed by atoms with Gasteiger partial charge in [-0.25, -0.2) is 0 Å². The SMILES string of the molecule is COC(=O)C(C)CN(C(=O)c1cccnc1)C1CCCCC1C. The summed E-state index contributed by atoms with van der Waals surface area (Å²) < 4.78 is 4.82. The number of hydrogen-bond acceptors (Lipinski definition) is 4. The second-order valence-electron chi connectivity index (χ2n) is 6.45. The Labute approximate surface area is 138 Å². The summed E-state index contributed by atoms with van der Waals surface area (Å²) in [7, 11) is 1.38. The third-order valence-corrected chi connectivity index (χ3v) is 4.71. The van der Waals surface area contributed by atoms with Crippen molar-refractivity contribution in [2.24, 2.45) is 11.8 Å². The number of carbonyl (C=O) groups excluding carboxylic acids is 2. The molecule has 0 N–H and O–H groups in total. The molecule has 3 atom stereocenters. The molecule has 5 heteroatoms. The minimum atomic E-state index is -0.338. The number of hydrogen-bond donors (Lipinski definition) is 0. The fourth-order valence-corrected chi connectivity index (χ4v) is 3.35. The van der Waals surface area contributed by atoms with Gasteiger partial charge in [0, 0.05) is 25.0 Å². The van der Waals surface area contributed by atoms with Crippen LogP contribution < -0.4 is 0 Å². The standard InChI is InChI=1S/C18H26N2O3/c1-13-7-4-5-9-16(13)20(12-14(2)18(22)23-3)17(21)15-8-6-10-19-11-15/h6,8,10-11,13-14,16H,4-5,7,9,12H2,1-3H3. The molecule has 1 aliphatic carbocycles. The van der Waals surface area contributed by atoms with Gasteiger partial charge in [0.25, 0.3) is 5.91 Å². The summed E-state index contributed by atoms with van der Waals surface area (Å²) in [5, 5.41) is 0. The Morgan fingerprint density at radius 1 is 1.39 bits per heavy atom. The number of amides is 1. The monoisotopic (exact) mass is 318 g/mol. The Hall–Kier alpha value is -1.91. The molecule has 0 saturated heterocycles. The maximum Gasteiger partial charge on any atom is 0.310 e. The van der Waals surface area contributed by atoms with Crippen molar-refractivity contribution in [3.05, 3.63) is 30.1 Å². The van der Waals surface area contributed by atoms with Crippen LogP contribution in [-0.4, -0.2) is 41.5 Å². The molecular formula is C18H26N2O3. The van der Waals surface area contributed by atoms with Gasteiger partial charge in [-0.1, -0.05) is 26.7 Å². The van der Waals surface area contributed by atoms with Crippen LogP contribution in [0.4, 0.5) is 0 Å². The molecule has 5 nitrogen and oxygen atoms in total. The van der Waals surface area contributed by atoms with Crippen molar-refractivity contribution in [1.82, 2.24) is 9.88 Å². The van der Waals surface area contributed by atoms with E-state index in [1.807, 2.05) is 11.8 Å². The summed E-state index contributed by atoms with van der Waals surface area (Å²) in [4.78, 5) is 30.7. The van der Waals surface area contributed by atoms with E-state index in [1.165, 1.54) is 13.5 Å². The Morgan fingerprint density at radius 2 is 2.13 bits per heavy atom. The lowest BCUT2D eigenvalue weighted by Gasteiger charge is -2.39. The summed E-state index contributed by atoms with van der Waals surface area (Å²) in [5.74, 6) is -0.228. The number of methoxy groups -OCH3 is 1. The Morgan fingerprint density at radius 3 is 2.74 bits per heavy atom. The zero-order chi connectivity index (χ0) is 16.8. The number of nitrogens with zero attached hydrogens (tertiary/aromatic N) is 2. The van der Waals surface area contributed by atoms with E-state index in [9.17, 15) is 9.59 Å². The largest absolute Gasteiger partial charge is 0.469 e. The smallest absolute Gasteiger partial charge is 0.310 e. The van der Waals surface area contributed by atoms with Crippen molar-refractivity contribution >= 4 is 11.9 Å². The van der Waals surface area contributed by atoms with Gasteiger partial charge >= 0.3 is 5.97 Å². The van der Waals surface area contributed by atoms with E-state index in [2.05, 4.69) is 11.9 Å². The normalized spacial score (nSPS) is 22.2. The van der Waals surface area contributed by atoms with Crippen LogP contribution in [0.3, 0.4) is 0 Å². The average Bonchev–Trinajstić information content (AvgIpc) is 2.59. The number of carbonyl (C=O) groups is 2. The van der Waals surface area contributed by atoms with Gasteiger partial charge in [0.2, 0.25) is 0 Å². The minimum Gasteiger partial charge on any atom is -0.469 e. The maximum absolute atomic E-state index is 13.0. The first-order chi connectivity index (χ1) is 11.0. The second kappa shape index (κ2) is 8.09. The third-order valence-electron chi connectivity index (χ3n) is 4.71. The molecule has 0 aromatic carbocycles. The zero-order valence-electron chi connectivity index (χ0n) is 14.2. The fourth-order valence-electron chi connectivity index (χ4n) is 3.35. The number of rotatable bonds is 5. The molecular weight excluding hydrogens is 292 g/mol. The average molecular weight is 318 g/mol. The molecule has 0 spiro atoms. The van der Waals surface area contributed by atoms with Crippen LogP contribution in [0.5, 0.6) is 0 Å². The summed E-state index contributed by atoms with van der Waals surface area (Å²) >= 11 is 0. The van der Waals surface area contributed by atoms with Gasteiger partial charge in [0.1, 0.15) is 0 Å². The number of aromatic nitrogens is 1. The molecule has 1 aromatic rings. The van der Waals surface area contributed by atoms with E-state index in [1.54, 1.807) is 24.5 Å². The topological polar surface area (TPSA) is 59.5 Å². The number of ether oxygens (including phenoxy) is 1. The van der Waals surface area contributed by atoms with E-state index in [0.29, 0.717) is 18.0 Å². The van der Waals surface area contributed by atoms with Gasteiger partial charge in [-0.3, -0.25) is 14.6 Å². The predicted molar refractivity (Wildman–Crippen MR) is 87.9 cm³/mol. The first-order valence-corrected chi connectivity index (χ1v) is 8.33. The molecule has 1 heterocycles. The minimum absolute atomic E-state index is 0.0485. The van der Waals surface area contributed by atoms with Crippen LogP contribution in [0.15, 0.2) is 24.5 Å². The lowest BCUT2D eigenvalue weighted by Crippen LogP contribution is -2.48. The molecule has 3 unspecified atom stereocenters. The quantitative estimate of drug-likeness (QED) is 0.783. The highest BCUT2D eigenvalue weighted by Crippen LogP contribution is 2.29. The Balaban J connectivity index is 2.23. The lowest BCUT2D eigenvalue weighted by atomic mass is 9.84. The number of pyridine rings is 1. The van der Waals surface area contributed by atoms with Crippen molar-refractivity contribution in [3.8, 4) is 0 Å². The van der Waals surface area contributed by atoms with Gasteiger partial charge < -0.3 is 9.64 Å². The van der Waals surface area contributed by atoms with Gasteiger partial charge in [0.15, 0.2) is 0 Å². The first kappa shape index (κ1) is 17.4. The molecule has 0 aliphatic heterocycles. The van der Waals surface area contributed by atoms with Crippen LogP contribution in [-0.2, 0) is 9.53 Å². The fraction of sp³-hybridized carbons (Fsp3) is 0.611. The molecule has 1 amide bonds. The third kappa shape index (κ3) is 4.30. The molecule has 23 heavy (non-hydrogen) atoms. The number of esters is 1. The van der Waals surface area contributed by atoms with Gasteiger partial charge in [-0.05, 0) is 30.9 Å². The van der Waals surface area contributed by atoms with Crippen LogP contribution in [0, 0.1) is 11.8 Å². The van der Waals surface area contributed by atoms with Crippen molar-refractivity contribution < 1.29 is 14.3 Å². The molecule has 1 aliphatic rings. The molecule has 1 saturated carbocycles. The van der Waals surface area contributed by atoms with E-state index in [0.717, 1.165) is 19.3 Å². The van der Waals surface area contributed by atoms with Crippen LogP contribution in [0.2, 0.25) is 0 Å². The Bertz CT molecular complexity index is 532. The predicted octanol–water partition coefficient (Wildman–Crippen LogP) is 2.91. The van der Waals surface area contributed by atoms with Gasteiger partial charge in [0.05, 0.1) is 18.6 Å². The van der Waals surface area contributed by atoms with Crippen molar-refractivity contribution in [1.29, 1.82) is 0 Å². The lowest BCUT2D eigenvalue weighted by molar-refractivity contribution is -0.145. The zero-order valence-corrected chi connectivity index (χ0v) is 14.2. The maximum atomic E-state index is 13.0. The summed E-state index contributed by atoms with van der Waals surface area (Å²) in [6, 6.07) is 3.71. The van der Waals surface area contributed by atoms with Crippen LogP contribution in [0.25, 0.3) is 0 Å². The highest BCUT2D eigenvalue weighted by atomic mass is 16.5. The molecule has 0 radical (unpaired) electrons. The second-order valence-corrected chi connectivity index (χ2v) is 6.45. The Kier molecular flexibility index (Phi) is 6.13. The van der Waals surface area contributed by atoms with Crippen LogP contribution >= 0.6 is 0 Å². The molecule has 1 fully saturated rings. The summed E-state index contributed by atoms with van der Waals surface area (Å²) in [6.07, 6.45) is 7.68. The molecule has 1 aromatic heterocycles. The van der Waals surface area contributed by atoms with Crippen LogP contribution in [0.1, 0.15) is 49.9 Å². The highest BCUT2D eigenvalue weighted by Gasteiger charge is 2.33. The molecule has 126 valence electrons. The molecule has 2 rings (SSSR count). The van der Waals surface area contributed by atoms with E-state index in [-0.39, 0.29) is 23.8 Å². The van der Waals surface area contributed by atoms with Gasteiger partial charge in [-0.2, -0.15) is 0 Å². The van der Waals surface area contributed by atoms with Crippen molar-refractivity contribution in [3.63, 3.8) is 0 Å². The van der Waals surface area contributed by atoms with Crippen molar-refractivity contribution in [2.45, 2.75) is 45.6 Å². The van der Waals surface area contributed by atoms with E-state index >= 15 is 0 Å². The van der Waals surface area contributed by atoms with E-state index in [4.69, 9.17) is 4.74 Å². The van der Waals surface area contributed by atoms with Gasteiger partial charge in [-0.15, -0.1) is 0 Å². The molecule has 0 bridgehead atoms.